The monoisotopic (exact) mass is 209 g/mol. The molecule has 0 aromatic heterocycles. The second-order valence-electron chi connectivity index (χ2n) is 4.12. The first-order valence-corrected chi connectivity index (χ1v) is 5.30. The zero-order chi connectivity index (χ0) is 11.7. The van der Waals surface area contributed by atoms with E-state index in [1.807, 2.05) is 32.2 Å². The summed E-state index contributed by atoms with van der Waals surface area (Å²) in [5.41, 5.74) is 6.45. The van der Waals surface area contributed by atoms with Gasteiger partial charge in [-0.05, 0) is 36.1 Å². The maximum atomic E-state index is 4.32. The molecule has 1 heteroatoms. The molecule has 1 nitrogen and oxygen atoms in total. The lowest BCUT2D eigenvalue weighted by Gasteiger charge is -1.98. The van der Waals surface area contributed by atoms with Crippen molar-refractivity contribution in [1.82, 2.24) is 0 Å². The number of benzene rings is 1. The van der Waals surface area contributed by atoms with Crippen molar-refractivity contribution in [3.05, 3.63) is 60.3 Å². The molecule has 1 aromatic rings. The first-order chi connectivity index (χ1) is 7.61. The summed E-state index contributed by atoms with van der Waals surface area (Å²) >= 11 is 0. The van der Waals surface area contributed by atoms with E-state index in [0.717, 1.165) is 22.4 Å². The van der Waals surface area contributed by atoms with E-state index in [4.69, 9.17) is 0 Å². The van der Waals surface area contributed by atoms with E-state index in [2.05, 4.69) is 30.3 Å². The Morgan fingerprint density at radius 3 is 2.00 bits per heavy atom. The van der Waals surface area contributed by atoms with Crippen molar-refractivity contribution in [2.75, 3.05) is 0 Å². The molecular weight excluding hydrogens is 194 g/mol. The second-order valence-corrected chi connectivity index (χ2v) is 4.12. The third-order valence-corrected chi connectivity index (χ3v) is 2.68. The molecule has 0 fully saturated rings. The van der Waals surface area contributed by atoms with Crippen molar-refractivity contribution < 1.29 is 0 Å². The molecule has 0 spiro atoms. The van der Waals surface area contributed by atoms with E-state index in [9.17, 15) is 0 Å². The maximum Gasteiger partial charge on any atom is 0.0351 e. The maximum absolute atomic E-state index is 4.32. The molecule has 2 rings (SSSR count). The van der Waals surface area contributed by atoms with E-state index in [1.165, 1.54) is 11.1 Å². The van der Waals surface area contributed by atoms with Gasteiger partial charge in [0, 0.05) is 17.5 Å². The summed E-state index contributed by atoms with van der Waals surface area (Å²) in [6, 6.07) is 8.20. The van der Waals surface area contributed by atoms with E-state index in [-0.39, 0.29) is 0 Å². The number of rotatable bonds is 1. The highest BCUT2D eigenvalue weighted by Gasteiger charge is 2.22. The minimum absolute atomic E-state index is 1.02. The van der Waals surface area contributed by atoms with Gasteiger partial charge in [-0.1, -0.05) is 37.4 Å². The molecule has 1 aromatic carbocycles. The number of aliphatic imine (C=N–C) groups is 1. The lowest BCUT2D eigenvalue weighted by molar-refractivity contribution is 1.48. The van der Waals surface area contributed by atoms with Crippen LogP contribution in [0, 0.1) is 0 Å². The Morgan fingerprint density at radius 2 is 1.56 bits per heavy atom. The van der Waals surface area contributed by atoms with Crippen molar-refractivity contribution >= 4 is 16.9 Å². The SMILES string of the molecule is C=C1C(=CN=C(C)C)C(=C)c2ccccc21. The summed E-state index contributed by atoms with van der Waals surface area (Å²) in [5, 5.41) is 0. The Morgan fingerprint density at radius 1 is 1.06 bits per heavy atom. The lowest BCUT2D eigenvalue weighted by Crippen LogP contribution is -1.80. The summed E-state index contributed by atoms with van der Waals surface area (Å²) in [6.07, 6.45) is 1.86. The van der Waals surface area contributed by atoms with E-state index in [1.54, 1.807) is 0 Å². The molecule has 16 heavy (non-hydrogen) atoms. The second kappa shape index (κ2) is 3.93. The standard InChI is InChI=1S/C15H15N/c1-10(2)16-9-15-11(3)13-7-5-6-8-14(13)12(15)4/h5-9H,3-4H2,1-2H3. The molecule has 1 aliphatic rings. The van der Waals surface area contributed by atoms with Gasteiger partial charge in [0.1, 0.15) is 0 Å². The van der Waals surface area contributed by atoms with Gasteiger partial charge in [-0.15, -0.1) is 0 Å². The average molecular weight is 209 g/mol. The van der Waals surface area contributed by atoms with Gasteiger partial charge in [-0.25, -0.2) is 0 Å². The molecule has 0 atom stereocenters. The summed E-state index contributed by atoms with van der Waals surface area (Å²) in [4.78, 5) is 4.32. The molecule has 0 heterocycles. The molecule has 80 valence electrons. The third kappa shape index (κ3) is 1.65. The Hall–Kier alpha value is -1.89. The van der Waals surface area contributed by atoms with Crippen LogP contribution in [0.3, 0.4) is 0 Å². The van der Waals surface area contributed by atoms with E-state index >= 15 is 0 Å². The van der Waals surface area contributed by atoms with Crippen molar-refractivity contribution in [1.29, 1.82) is 0 Å². The predicted octanol–water partition coefficient (Wildman–Crippen LogP) is 4.09. The van der Waals surface area contributed by atoms with Gasteiger partial charge in [0.05, 0.1) is 0 Å². The molecule has 0 N–H and O–H groups in total. The zero-order valence-electron chi connectivity index (χ0n) is 9.75. The fourth-order valence-electron chi connectivity index (χ4n) is 1.83. The Bertz CT molecular complexity index is 489. The number of hydrogen-bond donors (Lipinski definition) is 0. The molecule has 0 amide bonds. The highest BCUT2D eigenvalue weighted by atomic mass is 14.7. The Kier molecular flexibility index (Phi) is 2.61. The minimum atomic E-state index is 1.02. The molecule has 0 aliphatic heterocycles. The fraction of sp³-hybridized carbons (Fsp3) is 0.133. The predicted molar refractivity (Wildman–Crippen MR) is 71.4 cm³/mol. The Labute approximate surface area is 96.5 Å². The highest BCUT2D eigenvalue weighted by Crippen LogP contribution is 2.42. The molecule has 1 aliphatic carbocycles. The Balaban J connectivity index is 2.51. The van der Waals surface area contributed by atoms with Crippen LogP contribution >= 0.6 is 0 Å². The summed E-state index contributed by atoms with van der Waals surface area (Å²) < 4.78 is 0. The lowest BCUT2D eigenvalue weighted by atomic mass is 10.1. The van der Waals surface area contributed by atoms with Crippen LogP contribution in [0.4, 0.5) is 0 Å². The number of nitrogens with zero attached hydrogens (tertiary/aromatic N) is 1. The van der Waals surface area contributed by atoms with Crippen molar-refractivity contribution in [2.24, 2.45) is 4.99 Å². The fourth-order valence-corrected chi connectivity index (χ4v) is 1.83. The zero-order valence-corrected chi connectivity index (χ0v) is 9.75. The van der Waals surface area contributed by atoms with Gasteiger partial charge in [-0.2, -0.15) is 0 Å². The molecule has 0 saturated heterocycles. The normalized spacial score (nSPS) is 13.8. The van der Waals surface area contributed by atoms with Crippen LogP contribution < -0.4 is 0 Å². The highest BCUT2D eigenvalue weighted by molar-refractivity contribution is 6.06. The van der Waals surface area contributed by atoms with Gasteiger partial charge in [0.2, 0.25) is 0 Å². The van der Waals surface area contributed by atoms with E-state index < -0.39 is 0 Å². The molecule has 0 saturated carbocycles. The van der Waals surface area contributed by atoms with Crippen molar-refractivity contribution in [3.8, 4) is 0 Å². The quantitative estimate of drug-likeness (QED) is 0.618. The number of fused-ring (bicyclic) bond motifs is 1. The van der Waals surface area contributed by atoms with Gasteiger partial charge in [0.15, 0.2) is 0 Å². The van der Waals surface area contributed by atoms with Crippen LogP contribution in [0.25, 0.3) is 11.1 Å². The molecule has 0 bridgehead atoms. The van der Waals surface area contributed by atoms with Crippen LogP contribution in [-0.2, 0) is 0 Å². The van der Waals surface area contributed by atoms with Crippen LogP contribution in [0.5, 0.6) is 0 Å². The summed E-state index contributed by atoms with van der Waals surface area (Å²) in [5.74, 6) is 0. The van der Waals surface area contributed by atoms with Crippen LogP contribution in [0.2, 0.25) is 0 Å². The summed E-state index contributed by atoms with van der Waals surface area (Å²) in [7, 11) is 0. The van der Waals surface area contributed by atoms with Gasteiger partial charge >= 0.3 is 0 Å². The van der Waals surface area contributed by atoms with Gasteiger partial charge < -0.3 is 0 Å². The van der Waals surface area contributed by atoms with Gasteiger partial charge in [0.25, 0.3) is 0 Å². The third-order valence-electron chi connectivity index (χ3n) is 2.68. The number of allylic oxidation sites excluding steroid dienone is 3. The van der Waals surface area contributed by atoms with Crippen LogP contribution in [0.15, 0.2) is 54.2 Å². The van der Waals surface area contributed by atoms with Crippen LogP contribution in [0.1, 0.15) is 25.0 Å². The first kappa shape index (κ1) is 10.6. The molecule has 0 unspecified atom stereocenters. The minimum Gasteiger partial charge on any atom is -0.266 e. The summed E-state index contributed by atoms with van der Waals surface area (Å²) in [6.45, 7) is 12.2. The number of hydrogen-bond acceptors (Lipinski definition) is 1. The van der Waals surface area contributed by atoms with Crippen molar-refractivity contribution in [3.63, 3.8) is 0 Å². The molecular formula is C15H15N. The average Bonchev–Trinajstić information content (AvgIpc) is 2.50. The first-order valence-electron chi connectivity index (χ1n) is 5.30. The van der Waals surface area contributed by atoms with E-state index in [0.29, 0.717) is 0 Å². The van der Waals surface area contributed by atoms with Gasteiger partial charge in [-0.3, -0.25) is 4.99 Å². The van der Waals surface area contributed by atoms with Crippen LogP contribution in [-0.4, -0.2) is 5.71 Å². The molecule has 0 radical (unpaired) electrons. The topological polar surface area (TPSA) is 12.4 Å². The largest absolute Gasteiger partial charge is 0.266 e. The smallest absolute Gasteiger partial charge is 0.0351 e. The van der Waals surface area contributed by atoms with Crippen molar-refractivity contribution in [2.45, 2.75) is 13.8 Å².